The molecule has 1 aromatic carbocycles. The van der Waals surface area contributed by atoms with Crippen molar-refractivity contribution in [3.05, 3.63) is 29.4 Å². The zero-order valence-corrected chi connectivity index (χ0v) is 13.0. The molecule has 1 N–H and O–H groups in total. The minimum Gasteiger partial charge on any atom is -0.494 e. The molecule has 0 aliphatic heterocycles. The average Bonchev–Trinajstić information content (AvgIpc) is 2.94. The molecule has 4 nitrogen and oxygen atoms in total. The molecule has 2 rings (SSSR count). The first-order valence-corrected chi connectivity index (χ1v) is 7.53. The van der Waals surface area contributed by atoms with Crippen LogP contribution in [0.25, 0.3) is 11.3 Å². The van der Waals surface area contributed by atoms with E-state index in [4.69, 9.17) is 4.74 Å². The van der Waals surface area contributed by atoms with Gasteiger partial charge in [-0.05, 0) is 24.6 Å². The molecule has 0 fully saturated rings. The van der Waals surface area contributed by atoms with E-state index in [2.05, 4.69) is 10.3 Å². The summed E-state index contributed by atoms with van der Waals surface area (Å²) >= 11 is 1.32. The third-order valence-corrected chi connectivity index (χ3v) is 4.00. The largest absolute Gasteiger partial charge is 0.494 e. The fourth-order valence-electron chi connectivity index (χ4n) is 1.70. The molecule has 112 valence electrons. The third-order valence-electron chi connectivity index (χ3n) is 3.24. The molecule has 1 heterocycles. The lowest BCUT2D eigenvalue weighted by atomic mass is 10.1. The number of thiazole rings is 1. The second kappa shape index (κ2) is 6.67. The first kappa shape index (κ1) is 15.4. The molecule has 2 aromatic rings. The number of methoxy groups -OCH3 is 1. The highest BCUT2D eigenvalue weighted by Crippen LogP contribution is 2.28. The molecule has 0 aliphatic carbocycles. The van der Waals surface area contributed by atoms with Gasteiger partial charge in [0, 0.05) is 16.9 Å². The van der Waals surface area contributed by atoms with Gasteiger partial charge in [0.15, 0.2) is 16.7 Å². The van der Waals surface area contributed by atoms with Gasteiger partial charge in [0.2, 0.25) is 5.91 Å². The summed E-state index contributed by atoms with van der Waals surface area (Å²) in [7, 11) is 1.42. The molecule has 1 unspecified atom stereocenters. The molecular formula is C15H17FN2O2S. The van der Waals surface area contributed by atoms with Gasteiger partial charge in [-0.3, -0.25) is 4.79 Å². The normalized spacial score (nSPS) is 12.0. The molecule has 0 aliphatic rings. The van der Waals surface area contributed by atoms with Gasteiger partial charge >= 0.3 is 0 Å². The van der Waals surface area contributed by atoms with Gasteiger partial charge in [-0.2, -0.15) is 0 Å². The minimum atomic E-state index is -0.437. The maximum atomic E-state index is 13.7. The topological polar surface area (TPSA) is 51.2 Å². The first-order chi connectivity index (χ1) is 10.0. The van der Waals surface area contributed by atoms with E-state index >= 15 is 0 Å². The number of carbonyl (C=O) groups excluding carboxylic acids is 1. The second-order valence-corrected chi connectivity index (χ2v) is 5.54. The molecule has 0 saturated heterocycles. The Kier molecular flexibility index (Phi) is 4.90. The highest BCUT2D eigenvalue weighted by Gasteiger charge is 2.13. The van der Waals surface area contributed by atoms with Crippen LogP contribution >= 0.6 is 11.3 Å². The molecule has 1 aromatic heterocycles. The summed E-state index contributed by atoms with van der Waals surface area (Å²) in [5, 5.41) is 5.08. The van der Waals surface area contributed by atoms with Gasteiger partial charge in [0.25, 0.3) is 0 Å². The second-order valence-electron chi connectivity index (χ2n) is 4.69. The Morgan fingerprint density at radius 1 is 1.52 bits per heavy atom. The van der Waals surface area contributed by atoms with Crippen LogP contribution in [0.15, 0.2) is 23.6 Å². The minimum absolute atomic E-state index is 0.0562. The summed E-state index contributed by atoms with van der Waals surface area (Å²) in [5.74, 6) is -0.359. The molecule has 21 heavy (non-hydrogen) atoms. The Bertz CT molecular complexity index is 642. The Labute approximate surface area is 127 Å². The van der Waals surface area contributed by atoms with Crippen LogP contribution in [-0.4, -0.2) is 18.0 Å². The van der Waals surface area contributed by atoms with Crippen molar-refractivity contribution in [1.82, 2.24) is 4.98 Å². The Hall–Kier alpha value is -1.95. The van der Waals surface area contributed by atoms with Crippen molar-refractivity contribution >= 4 is 22.4 Å². The number of nitrogens with one attached hydrogen (secondary N) is 1. The van der Waals surface area contributed by atoms with Crippen LogP contribution in [0.3, 0.4) is 0 Å². The van der Waals surface area contributed by atoms with Crippen molar-refractivity contribution in [2.45, 2.75) is 20.3 Å². The highest BCUT2D eigenvalue weighted by molar-refractivity contribution is 7.14. The summed E-state index contributed by atoms with van der Waals surface area (Å²) in [6.45, 7) is 3.82. The Balaban J connectivity index is 2.16. The van der Waals surface area contributed by atoms with E-state index < -0.39 is 5.82 Å². The smallest absolute Gasteiger partial charge is 0.228 e. The molecular weight excluding hydrogens is 291 g/mol. The number of anilines is 1. The highest BCUT2D eigenvalue weighted by atomic mass is 32.1. The predicted molar refractivity (Wildman–Crippen MR) is 82.1 cm³/mol. The zero-order valence-electron chi connectivity index (χ0n) is 12.1. The van der Waals surface area contributed by atoms with E-state index in [1.165, 1.54) is 24.5 Å². The predicted octanol–water partition coefficient (Wildman–Crippen LogP) is 3.94. The number of hydrogen-bond donors (Lipinski definition) is 1. The van der Waals surface area contributed by atoms with Gasteiger partial charge in [0.1, 0.15) is 0 Å². The van der Waals surface area contributed by atoms with Crippen LogP contribution in [0, 0.1) is 11.7 Å². The van der Waals surface area contributed by atoms with E-state index in [1.807, 2.05) is 13.8 Å². The number of amides is 1. The van der Waals surface area contributed by atoms with Gasteiger partial charge in [-0.15, -0.1) is 11.3 Å². The number of aromatic nitrogens is 1. The summed E-state index contributed by atoms with van der Waals surface area (Å²) in [6, 6.07) is 4.66. The van der Waals surface area contributed by atoms with Gasteiger partial charge in [-0.25, -0.2) is 9.37 Å². The Morgan fingerprint density at radius 3 is 2.90 bits per heavy atom. The van der Waals surface area contributed by atoms with Crippen molar-refractivity contribution in [2.75, 3.05) is 12.4 Å². The number of rotatable bonds is 5. The number of hydrogen-bond acceptors (Lipinski definition) is 4. The van der Waals surface area contributed by atoms with E-state index in [0.717, 1.165) is 6.42 Å². The van der Waals surface area contributed by atoms with Gasteiger partial charge in [-0.1, -0.05) is 13.8 Å². The summed E-state index contributed by atoms with van der Waals surface area (Å²) in [5.41, 5.74) is 1.27. The van der Waals surface area contributed by atoms with E-state index in [9.17, 15) is 9.18 Å². The summed E-state index contributed by atoms with van der Waals surface area (Å²) in [4.78, 5) is 16.1. The van der Waals surface area contributed by atoms with Crippen molar-refractivity contribution in [2.24, 2.45) is 5.92 Å². The standard InChI is InChI=1S/C15H17FN2O2S/c1-4-9(2)14(19)18-15-17-12(8-21-15)10-5-6-13(20-3)11(16)7-10/h5-9H,4H2,1-3H3,(H,17,18,19). The third kappa shape index (κ3) is 3.58. The van der Waals surface area contributed by atoms with Crippen LogP contribution in [0.4, 0.5) is 9.52 Å². The van der Waals surface area contributed by atoms with Crippen molar-refractivity contribution in [3.8, 4) is 17.0 Å². The van der Waals surface area contributed by atoms with E-state index in [-0.39, 0.29) is 17.6 Å². The van der Waals surface area contributed by atoms with Crippen LogP contribution in [0.5, 0.6) is 5.75 Å². The lowest BCUT2D eigenvalue weighted by molar-refractivity contribution is -0.119. The zero-order chi connectivity index (χ0) is 15.4. The number of ether oxygens (including phenoxy) is 1. The quantitative estimate of drug-likeness (QED) is 0.910. The number of nitrogens with zero attached hydrogens (tertiary/aromatic N) is 1. The van der Waals surface area contributed by atoms with Crippen LogP contribution in [0.1, 0.15) is 20.3 Å². The molecule has 0 bridgehead atoms. The first-order valence-electron chi connectivity index (χ1n) is 6.65. The molecule has 0 saturated carbocycles. The number of benzene rings is 1. The summed E-state index contributed by atoms with van der Waals surface area (Å²) < 4.78 is 18.6. The fraction of sp³-hybridized carbons (Fsp3) is 0.333. The molecule has 1 atom stereocenters. The van der Waals surface area contributed by atoms with Gasteiger partial charge < -0.3 is 10.1 Å². The lowest BCUT2D eigenvalue weighted by Crippen LogP contribution is -2.19. The molecule has 0 spiro atoms. The van der Waals surface area contributed by atoms with Gasteiger partial charge in [0.05, 0.1) is 12.8 Å². The number of carbonyl (C=O) groups is 1. The number of halogens is 1. The van der Waals surface area contributed by atoms with Crippen molar-refractivity contribution in [1.29, 1.82) is 0 Å². The SMILES string of the molecule is CCC(C)C(=O)Nc1nc(-c2ccc(OC)c(F)c2)cs1. The monoisotopic (exact) mass is 308 g/mol. The molecule has 6 heteroatoms. The summed E-state index contributed by atoms with van der Waals surface area (Å²) in [6.07, 6.45) is 0.772. The van der Waals surface area contributed by atoms with E-state index in [1.54, 1.807) is 17.5 Å². The van der Waals surface area contributed by atoms with Crippen LogP contribution in [0.2, 0.25) is 0 Å². The van der Waals surface area contributed by atoms with Crippen LogP contribution < -0.4 is 10.1 Å². The average molecular weight is 308 g/mol. The molecule has 1 amide bonds. The lowest BCUT2D eigenvalue weighted by Gasteiger charge is -2.06. The molecule has 0 radical (unpaired) electrons. The van der Waals surface area contributed by atoms with E-state index in [0.29, 0.717) is 16.4 Å². The Morgan fingerprint density at radius 2 is 2.29 bits per heavy atom. The van der Waals surface area contributed by atoms with Crippen molar-refractivity contribution < 1.29 is 13.9 Å². The fourth-order valence-corrected chi connectivity index (χ4v) is 2.43. The maximum Gasteiger partial charge on any atom is 0.228 e. The maximum absolute atomic E-state index is 13.7. The van der Waals surface area contributed by atoms with Crippen molar-refractivity contribution in [3.63, 3.8) is 0 Å². The van der Waals surface area contributed by atoms with Crippen LogP contribution in [-0.2, 0) is 4.79 Å².